The number of aliphatic carboxylic acids is 1. The molecule has 0 amide bonds. The van der Waals surface area contributed by atoms with Crippen molar-refractivity contribution in [2.45, 2.75) is 89.8 Å². The lowest BCUT2D eigenvalue weighted by molar-refractivity contribution is -0.139. The molecule has 0 aromatic heterocycles. The van der Waals surface area contributed by atoms with Crippen LogP contribution in [0.1, 0.15) is 85.0 Å². The Bertz CT molecular complexity index is 648. The zero-order chi connectivity index (χ0) is 20.3. The number of carboxylic acids is 1. The van der Waals surface area contributed by atoms with Crippen LogP contribution in [0.5, 0.6) is 0 Å². The van der Waals surface area contributed by atoms with Gasteiger partial charge in [0.05, 0.1) is 4.83 Å². The van der Waals surface area contributed by atoms with Crippen LogP contribution in [0.4, 0.5) is 0 Å². The molecule has 4 saturated carbocycles. The third kappa shape index (κ3) is 3.11. The van der Waals surface area contributed by atoms with E-state index in [1.165, 1.54) is 38.5 Å². The molecule has 4 aliphatic rings. The van der Waals surface area contributed by atoms with Gasteiger partial charge < -0.3 is 5.11 Å². The molecule has 0 unspecified atom stereocenters. The molecule has 0 aromatic carbocycles. The molecule has 4 heteroatoms. The highest BCUT2D eigenvalue weighted by Gasteiger charge is 2.61. The van der Waals surface area contributed by atoms with Gasteiger partial charge in [0.2, 0.25) is 0 Å². The van der Waals surface area contributed by atoms with Crippen molar-refractivity contribution in [3.05, 3.63) is 0 Å². The van der Waals surface area contributed by atoms with Gasteiger partial charge in [0.1, 0.15) is 5.78 Å². The average Bonchev–Trinajstić information content (AvgIpc) is 3.00. The van der Waals surface area contributed by atoms with E-state index in [4.69, 9.17) is 5.11 Å². The highest BCUT2D eigenvalue weighted by atomic mass is 79.9. The number of carboxylic acid groups (broad SMARTS) is 1. The standard InChI is InChI=1S/C24H37BrO3/c1-14(4-9-21(27)28)16-7-8-17-15-5-6-19-22(25)20(26)11-13-24(19,3)18(15)10-12-23(16,17)2/h14-19,22H,4-13H2,1-3H3,(H,27,28)/t14-,15+,16+,17-,18+,19-,22+,23+,24+/m0/s1. The minimum Gasteiger partial charge on any atom is -0.481 e. The molecule has 0 aliphatic heterocycles. The van der Waals surface area contributed by atoms with Crippen LogP contribution in [0.3, 0.4) is 0 Å². The largest absolute Gasteiger partial charge is 0.481 e. The third-order valence-electron chi connectivity index (χ3n) is 10.1. The fraction of sp³-hybridized carbons (Fsp3) is 0.917. The summed E-state index contributed by atoms with van der Waals surface area (Å²) in [6.45, 7) is 7.34. The van der Waals surface area contributed by atoms with Gasteiger partial charge in [-0.25, -0.2) is 0 Å². The fourth-order valence-electron chi connectivity index (χ4n) is 8.62. The van der Waals surface area contributed by atoms with Crippen molar-refractivity contribution >= 4 is 27.7 Å². The van der Waals surface area contributed by atoms with Crippen LogP contribution in [0, 0.1) is 46.3 Å². The molecule has 4 fully saturated rings. The lowest BCUT2D eigenvalue weighted by atomic mass is 9.44. The molecular formula is C24H37BrO3. The predicted molar refractivity (Wildman–Crippen MR) is 114 cm³/mol. The SMILES string of the molecule is C[C@@H](CCC(=O)O)[C@H]1CC[C@H]2[C@H]3CC[C@H]4[C@@H](Br)C(=O)CC[C@]4(C)[C@@H]3CC[C@]12C. The second kappa shape index (κ2) is 7.39. The summed E-state index contributed by atoms with van der Waals surface area (Å²) in [5.41, 5.74) is 0.708. The van der Waals surface area contributed by atoms with Gasteiger partial charge in [-0.05, 0) is 97.7 Å². The maximum absolute atomic E-state index is 12.3. The Morgan fingerprint density at radius 3 is 2.46 bits per heavy atom. The Kier molecular flexibility index (Phi) is 5.51. The lowest BCUT2D eigenvalue weighted by Crippen LogP contribution is -2.56. The Hall–Kier alpha value is -0.380. The molecule has 0 heterocycles. The monoisotopic (exact) mass is 452 g/mol. The molecule has 158 valence electrons. The van der Waals surface area contributed by atoms with Crippen molar-refractivity contribution < 1.29 is 14.7 Å². The summed E-state index contributed by atoms with van der Waals surface area (Å²) in [6.07, 6.45) is 10.7. The van der Waals surface area contributed by atoms with Crippen LogP contribution in [0.25, 0.3) is 0 Å². The molecule has 0 spiro atoms. The zero-order valence-electron chi connectivity index (χ0n) is 17.8. The molecule has 4 rings (SSSR count). The number of hydrogen-bond donors (Lipinski definition) is 1. The molecule has 0 radical (unpaired) electrons. The van der Waals surface area contributed by atoms with E-state index in [2.05, 4.69) is 36.7 Å². The minimum atomic E-state index is -0.655. The number of halogens is 1. The first-order valence-corrected chi connectivity index (χ1v) is 12.5. The maximum Gasteiger partial charge on any atom is 0.303 e. The number of hydrogen-bond acceptors (Lipinski definition) is 2. The highest BCUT2D eigenvalue weighted by Crippen LogP contribution is 2.68. The molecule has 28 heavy (non-hydrogen) atoms. The predicted octanol–water partition coefficient (Wildman–Crippen LogP) is 6.09. The Morgan fingerprint density at radius 1 is 1.07 bits per heavy atom. The Labute approximate surface area is 178 Å². The number of Topliss-reactive ketones (excluding diaryl/α,β-unsaturated/α-hetero) is 1. The van der Waals surface area contributed by atoms with Crippen molar-refractivity contribution in [3.63, 3.8) is 0 Å². The minimum absolute atomic E-state index is 0.0767. The van der Waals surface area contributed by atoms with Crippen LogP contribution in [0.2, 0.25) is 0 Å². The summed E-state index contributed by atoms with van der Waals surface area (Å²) in [7, 11) is 0. The summed E-state index contributed by atoms with van der Waals surface area (Å²) in [6, 6.07) is 0. The number of fused-ring (bicyclic) bond motifs is 5. The zero-order valence-corrected chi connectivity index (χ0v) is 19.3. The van der Waals surface area contributed by atoms with Crippen molar-refractivity contribution in [3.8, 4) is 0 Å². The van der Waals surface area contributed by atoms with Gasteiger partial charge in [-0.2, -0.15) is 0 Å². The van der Waals surface area contributed by atoms with Crippen molar-refractivity contribution in [1.82, 2.24) is 0 Å². The summed E-state index contributed by atoms with van der Waals surface area (Å²) >= 11 is 3.77. The van der Waals surface area contributed by atoms with E-state index in [0.717, 1.165) is 37.0 Å². The number of carbonyl (C=O) groups is 2. The van der Waals surface area contributed by atoms with E-state index in [1.54, 1.807) is 0 Å². The van der Waals surface area contributed by atoms with E-state index < -0.39 is 5.97 Å². The van der Waals surface area contributed by atoms with Crippen LogP contribution in [-0.2, 0) is 9.59 Å². The van der Waals surface area contributed by atoms with Gasteiger partial charge in [0.25, 0.3) is 0 Å². The second-order valence-corrected chi connectivity index (χ2v) is 12.1. The molecule has 0 saturated heterocycles. The number of carbonyl (C=O) groups excluding carboxylic acids is 1. The average molecular weight is 453 g/mol. The highest BCUT2D eigenvalue weighted by molar-refractivity contribution is 9.10. The van der Waals surface area contributed by atoms with E-state index >= 15 is 0 Å². The quantitative estimate of drug-likeness (QED) is 0.524. The molecular weight excluding hydrogens is 416 g/mol. The van der Waals surface area contributed by atoms with Gasteiger partial charge in [-0.1, -0.05) is 36.7 Å². The van der Waals surface area contributed by atoms with Gasteiger partial charge >= 0.3 is 5.97 Å². The summed E-state index contributed by atoms with van der Waals surface area (Å²) in [4.78, 5) is 23.5. The summed E-state index contributed by atoms with van der Waals surface area (Å²) < 4.78 is 0. The molecule has 9 atom stereocenters. The smallest absolute Gasteiger partial charge is 0.303 e. The molecule has 4 aliphatic carbocycles. The molecule has 1 N–H and O–H groups in total. The van der Waals surface area contributed by atoms with E-state index in [0.29, 0.717) is 40.8 Å². The fourth-order valence-corrected chi connectivity index (χ4v) is 9.72. The molecule has 0 aromatic rings. The first kappa shape index (κ1) is 20.9. The topological polar surface area (TPSA) is 54.4 Å². The second-order valence-electron chi connectivity index (χ2n) is 11.1. The molecule has 3 nitrogen and oxygen atoms in total. The third-order valence-corrected chi connectivity index (χ3v) is 11.2. The van der Waals surface area contributed by atoms with E-state index in [1.807, 2.05) is 0 Å². The number of rotatable bonds is 4. The Balaban J connectivity index is 1.53. The van der Waals surface area contributed by atoms with Crippen LogP contribution in [-0.4, -0.2) is 21.7 Å². The normalized spacial score (nSPS) is 49.1. The summed E-state index contributed by atoms with van der Waals surface area (Å²) in [5, 5.41) is 9.11. The Morgan fingerprint density at radius 2 is 1.75 bits per heavy atom. The van der Waals surface area contributed by atoms with Gasteiger partial charge in [0.15, 0.2) is 0 Å². The van der Waals surface area contributed by atoms with Crippen molar-refractivity contribution in [2.75, 3.05) is 0 Å². The van der Waals surface area contributed by atoms with Gasteiger partial charge in [0, 0.05) is 12.8 Å². The lowest BCUT2D eigenvalue weighted by Gasteiger charge is -2.61. The van der Waals surface area contributed by atoms with Crippen LogP contribution >= 0.6 is 15.9 Å². The van der Waals surface area contributed by atoms with Crippen LogP contribution < -0.4 is 0 Å². The number of alkyl halides is 1. The van der Waals surface area contributed by atoms with Crippen molar-refractivity contribution in [1.29, 1.82) is 0 Å². The van der Waals surface area contributed by atoms with Gasteiger partial charge in [-0.15, -0.1) is 0 Å². The number of ketones is 1. The van der Waals surface area contributed by atoms with Gasteiger partial charge in [-0.3, -0.25) is 9.59 Å². The molecule has 0 bridgehead atoms. The van der Waals surface area contributed by atoms with Crippen molar-refractivity contribution in [2.24, 2.45) is 46.3 Å². The van der Waals surface area contributed by atoms with E-state index in [-0.39, 0.29) is 4.83 Å². The maximum atomic E-state index is 12.3. The summed E-state index contributed by atoms with van der Waals surface area (Å²) in [5.74, 6) is 3.86. The van der Waals surface area contributed by atoms with Crippen LogP contribution in [0.15, 0.2) is 0 Å². The van der Waals surface area contributed by atoms with E-state index in [9.17, 15) is 9.59 Å². The first-order valence-electron chi connectivity index (χ1n) is 11.6. The first-order chi connectivity index (χ1) is 13.2.